The molecule has 0 heterocycles. The molecule has 2 aliphatic rings. The van der Waals surface area contributed by atoms with Crippen LogP contribution in [0.25, 0.3) is 0 Å². The maximum atomic E-state index is 12.1. The van der Waals surface area contributed by atoms with E-state index in [-0.39, 0.29) is 11.5 Å². The second kappa shape index (κ2) is 7.27. The highest BCUT2D eigenvalue weighted by Gasteiger charge is 2.43. The summed E-state index contributed by atoms with van der Waals surface area (Å²) in [5, 5.41) is 8.80. The number of amides is 1. The Labute approximate surface area is 154 Å². The molecule has 0 saturated heterocycles. The smallest absolute Gasteiger partial charge is 0.415 e. The average molecular weight is 360 g/mol. The summed E-state index contributed by atoms with van der Waals surface area (Å²) in [6, 6.07) is 5.87. The number of likely N-dealkylation sites (N-methyl/N-ethyl adjacent to an activating group) is 1. The quantitative estimate of drug-likeness (QED) is 0.864. The van der Waals surface area contributed by atoms with Crippen LogP contribution >= 0.6 is 0 Å². The molecule has 3 rings (SSSR count). The van der Waals surface area contributed by atoms with E-state index in [9.17, 15) is 9.59 Å². The number of nitrogens with two attached hydrogens (primary N) is 1. The number of carboxylic acids is 1. The van der Waals surface area contributed by atoms with Gasteiger partial charge in [0.1, 0.15) is 12.3 Å². The van der Waals surface area contributed by atoms with Crippen LogP contribution in [0.15, 0.2) is 18.2 Å². The molecular formula is C20H28N2O4. The monoisotopic (exact) mass is 360 g/mol. The van der Waals surface area contributed by atoms with Gasteiger partial charge in [0.15, 0.2) is 0 Å². The van der Waals surface area contributed by atoms with Crippen LogP contribution in [0.1, 0.15) is 50.2 Å². The highest BCUT2D eigenvalue weighted by Crippen LogP contribution is 2.46. The number of ether oxygens (including phenoxy) is 1. The van der Waals surface area contributed by atoms with E-state index in [1.54, 1.807) is 6.07 Å². The summed E-state index contributed by atoms with van der Waals surface area (Å²) in [4.78, 5) is 23.9. The topological polar surface area (TPSA) is 92.9 Å². The Morgan fingerprint density at radius 3 is 2.85 bits per heavy atom. The molecule has 1 amide bonds. The van der Waals surface area contributed by atoms with Gasteiger partial charge in [-0.15, -0.1) is 0 Å². The lowest BCUT2D eigenvalue weighted by Crippen LogP contribution is -2.52. The van der Waals surface area contributed by atoms with E-state index in [4.69, 9.17) is 15.6 Å². The van der Waals surface area contributed by atoms with Crippen LogP contribution in [-0.2, 0) is 16.6 Å². The molecule has 142 valence electrons. The standard InChI is InChI=1S/C20H28N2O4/c1-20-9-5-3-4-6-14(18(20)21)10-13-7-8-15(11-16(13)20)26-19(25)22(2)12-17(23)24/h7-8,11,14,18H,3-6,9-10,12,21H2,1-2H3,(H,23,24)/t14-,18-,20+/m0/s1. The molecule has 26 heavy (non-hydrogen) atoms. The molecule has 1 saturated carbocycles. The molecule has 0 radical (unpaired) electrons. The van der Waals surface area contributed by atoms with Gasteiger partial charge in [0, 0.05) is 18.5 Å². The fraction of sp³-hybridized carbons (Fsp3) is 0.600. The minimum atomic E-state index is -1.08. The Kier molecular flexibility index (Phi) is 5.23. The summed E-state index contributed by atoms with van der Waals surface area (Å²) in [5.74, 6) is -0.128. The summed E-state index contributed by atoms with van der Waals surface area (Å²) >= 11 is 0. The average Bonchev–Trinajstić information content (AvgIpc) is 2.58. The zero-order chi connectivity index (χ0) is 18.9. The third-order valence-corrected chi connectivity index (χ3v) is 6.08. The maximum Gasteiger partial charge on any atom is 0.415 e. The Balaban J connectivity index is 1.86. The highest BCUT2D eigenvalue weighted by atomic mass is 16.6. The van der Waals surface area contributed by atoms with Gasteiger partial charge >= 0.3 is 12.1 Å². The van der Waals surface area contributed by atoms with Crippen molar-refractivity contribution in [1.82, 2.24) is 4.90 Å². The Morgan fingerprint density at radius 1 is 1.35 bits per heavy atom. The molecule has 1 aromatic carbocycles. The van der Waals surface area contributed by atoms with E-state index in [2.05, 4.69) is 6.92 Å². The Bertz CT molecular complexity index is 705. The minimum Gasteiger partial charge on any atom is -0.480 e. The van der Waals surface area contributed by atoms with Crippen molar-refractivity contribution in [3.05, 3.63) is 29.3 Å². The molecular weight excluding hydrogens is 332 g/mol. The lowest BCUT2D eigenvalue weighted by molar-refractivity contribution is -0.137. The fourth-order valence-corrected chi connectivity index (χ4v) is 4.54. The van der Waals surface area contributed by atoms with Crippen LogP contribution in [0.3, 0.4) is 0 Å². The van der Waals surface area contributed by atoms with E-state index in [0.717, 1.165) is 24.2 Å². The van der Waals surface area contributed by atoms with Crippen molar-refractivity contribution in [2.45, 2.75) is 56.9 Å². The molecule has 0 unspecified atom stereocenters. The van der Waals surface area contributed by atoms with Crippen molar-refractivity contribution in [2.75, 3.05) is 13.6 Å². The van der Waals surface area contributed by atoms with Gasteiger partial charge in [-0.2, -0.15) is 0 Å². The summed E-state index contributed by atoms with van der Waals surface area (Å²) < 4.78 is 5.40. The fourth-order valence-electron chi connectivity index (χ4n) is 4.54. The van der Waals surface area contributed by atoms with Gasteiger partial charge < -0.3 is 15.6 Å². The lowest BCUT2D eigenvalue weighted by atomic mass is 9.60. The van der Waals surface area contributed by atoms with Gasteiger partial charge in [-0.1, -0.05) is 32.3 Å². The molecule has 2 bridgehead atoms. The number of benzene rings is 1. The number of nitrogens with zero attached hydrogens (tertiary/aromatic N) is 1. The van der Waals surface area contributed by atoms with Crippen LogP contribution in [0.5, 0.6) is 5.75 Å². The summed E-state index contributed by atoms with van der Waals surface area (Å²) in [6.07, 6.45) is 6.15. The van der Waals surface area contributed by atoms with Crippen LogP contribution in [0.4, 0.5) is 4.79 Å². The zero-order valence-corrected chi connectivity index (χ0v) is 15.5. The van der Waals surface area contributed by atoms with Gasteiger partial charge in [-0.25, -0.2) is 4.79 Å². The van der Waals surface area contributed by atoms with E-state index in [1.165, 1.54) is 37.4 Å². The molecule has 6 nitrogen and oxygen atoms in total. The number of carboxylic acid groups (broad SMARTS) is 1. The van der Waals surface area contributed by atoms with E-state index in [1.807, 2.05) is 12.1 Å². The van der Waals surface area contributed by atoms with Gasteiger partial charge in [0.05, 0.1) is 0 Å². The number of aliphatic carboxylic acids is 1. The van der Waals surface area contributed by atoms with Crippen molar-refractivity contribution < 1.29 is 19.4 Å². The summed E-state index contributed by atoms with van der Waals surface area (Å²) in [7, 11) is 1.41. The number of rotatable bonds is 3. The van der Waals surface area contributed by atoms with Gasteiger partial charge in [0.2, 0.25) is 0 Å². The first-order valence-corrected chi connectivity index (χ1v) is 9.35. The Hall–Kier alpha value is -2.08. The number of hydrogen-bond acceptors (Lipinski definition) is 4. The van der Waals surface area contributed by atoms with Crippen LogP contribution < -0.4 is 10.5 Å². The maximum absolute atomic E-state index is 12.1. The predicted octanol–water partition coefficient (Wildman–Crippen LogP) is 2.92. The summed E-state index contributed by atoms with van der Waals surface area (Å²) in [5.41, 5.74) is 9.03. The molecule has 6 heteroatoms. The van der Waals surface area contributed by atoms with Crippen molar-refractivity contribution in [1.29, 1.82) is 0 Å². The lowest BCUT2D eigenvalue weighted by Gasteiger charge is -2.47. The van der Waals surface area contributed by atoms with Gasteiger partial charge in [-0.05, 0) is 48.4 Å². The first-order valence-electron chi connectivity index (χ1n) is 9.35. The molecule has 1 aromatic rings. The molecule has 0 aromatic heterocycles. The first kappa shape index (κ1) is 18.7. The van der Waals surface area contributed by atoms with E-state index in [0.29, 0.717) is 11.7 Å². The van der Waals surface area contributed by atoms with Crippen LogP contribution in [-0.4, -0.2) is 41.7 Å². The molecule has 3 atom stereocenters. The molecule has 2 aliphatic carbocycles. The Morgan fingerprint density at radius 2 is 2.12 bits per heavy atom. The first-order chi connectivity index (χ1) is 12.3. The third kappa shape index (κ3) is 3.56. The van der Waals surface area contributed by atoms with Gasteiger partial charge in [-0.3, -0.25) is 9.69 Å². The SMILES string of the molecule is CN(CC(=O)O)C(=O)Oc1ccc2c(c1)[C@@]1(C)CCCCC[C@@H](C2)[C@@H]1N. The molecule has 0 spiro atoms. The van der Waals surface area contributed by atoms with E-state index >= 15 is 0 Å². The zero-order valence-electron chi connectivity index (χ0n) is 15.5. The van der Waals surface area contributed by atoms with Crippen LogP contribution in [0.2, 0.25) is 0 Å². The normalized spacial score (nSPS) is 27.7. The second-order valence-corrected chi connectivity index (χ2v) is 7.94. The van der Waals surface area contributed by atoms with Crippen molar-refractivity contribution in [2.24, 2.45) is 11.7 Å². The largest absolute Gasteiger partial charge is 0.480 e. The van der Waals surface area contributed by atoms with Gasteiger partial charge in [0.25, 0.3) is 0 Å². The van der Waals surface area contributed by atoms with Crippen molar-refractivity contribution >= 4 is 12.1 Å². The predicted molar refractivity (Wildman–Crippen MR) is 98.3 cm³/mol. The van der Waals surface area contributed by atoms with Crippen molar-refractivity contribution in [3.63, 3.8) is 0 Å². The van der Waals surface area contributed by atoms with Crippen molar-refractivity contribution in [3.8, 4) is 5.75 Å². The molecule has 1 fully saturated rings. The molecule has 0 aliphatic heterocycles. The van der Waals surface area contributed by atoms with E-state index < -0.39 is 18.6 Å². The highest BCUT2D eigenvalue weighted by molar-refractivity contribution is 5.77. The number of fused-ring (bicyclic) bond motifs is 4. The number of carbonyl (C=O) groups excluding carboxylic acids is 1. The number of carbonyl (C=O) groups is 2. The minimum absolute atomic E-state index is 0.107. The third-order valence-electron chi connectivity index (χ3n) is 6.08. The number of hydrogen-bond donors (Lipinski definition) is 2. The van der Waals surface area contributed by atoms with Crippen LogP contribution in [0, 0.1) is 5.92 Å². The second-order valence-electron chi connectivity index (χ2n) is 7.94. The molecule has 3 N–H and O–H groups in total. The summed E-state index contributed by atoms with van der Waals surface area (Å²) in [6.45, 7) is 1.84.